The molecule has 0 saturated carbocycles. The lowest BCUT2D eigenvalue weighted by molar-refractivity contribution is 0.284. The molecule has 0 heterocycles. The van der Waals surface area contributed by atoms with E-state index in [1.54, 1.807) is 42.5 Å². The summed E-state index contributed by atoms with van der Waals surface area (Å²) in [5.41, 5.74) is 2.62. The predicted octanol–water partition coefficient (Wildman–Crippen LogP) is 3.92. The van der Waals surface area contributed by atoms with E-state index in [1.165, 1.54) is 0 Å². The van der Waals surface area contributed by atoms with Crippen LogP contribution in [0.5, 0.6) is 0 Å². The van der Waals surface area contributed by atoms with E-state index in [4.69, 9.17) is 4.99 Å². The second kappa shape index (κ2) is 9.96. The van der Waals surface area contributed by atoms with Gasteiger partial charge in [0, 0.05) is 11.1 Å². The lowest BCUT2D eigenvalue weighted by Crippen LogP contribution is -2.14. The van der Waals surface area contributed by atoms with Gasteiger partial charge in [-0.1, -0.05) is 91.0 Å². The fraction of sp³-hybridized carbons (Fsp3) is 0.125. The first-order valence-electron chi connectivity index (χ1n) is 9.34. The number of rotatable bonds is 8. The smallest absolute Gasteiger partial charge is 0.181 e. The SMILES string of the molecule is O=S(=O)(C/C=C\[C@@H](CO)N=C(c1ccccc1)c1ccccc1)c1ccccc1. The van der Waals surface area contributed by atoms with Gasteiger partial charge in [-0.05, 0) is 12.1 Å². The van der Waals surface area contributed by atoms with E-state index in [0.717, 1.165) is 16.8 Å². The third kappa shape index (κ3) is 5.73. The summed E-state index contributed by atoms with van der Waals surface area (Å²) in [5.74, 6) is -0.144. The molecule has 0 amide bonds. The van der Waals surface area contributed by atoms with Gasteiger partial charge in [-0.2, -0.15) is 0 Å². The molecule has 0 unspecified atom stereocenters. The molecular formula is C24H23NO3S. The Kier molecular flexibility index (Phi) is 7.11. The minimum Gasteiger partial charge on any atom is -0.394 e. The summed E-state index contributed by atoms with van der Waals surface area (Å²) < 4.78 is 24.8. The third-order valence-corrected chi connectivity index (χ3v) is 5.97. The number of aliphatic hydroxyl groups is 1. The molecule has 0 aliphatic carbocycles. The first-order chi connectivity index (χ1) is 14.1. The second-order valence-corrected chi connectivity index (χ2v) is 8.52. The van der Waals surface area contributed by atoms with E-state index in [-0.39, 0.29) is 17.3 Å². The number of hydrogen-bond donors (Lipinski definition) is 1. The Bertz CT molecular complexity index is 1020. The highest BCUT2D eigenvalue weighted by molar-refractivity contribution is 7.91. The van der Waals surface area contributed by atoms with Crippen molar-refractivity contribution in [2.24, 2.45) is 4.99 Å². The fourth-order valence-corrected chi connectivity index (χ4v) is 4.01. The molecule has 0 fully saturated rings. The first kappa shape index (κ1) is 20.7. The van der Waals surface area contributed by atoms with Gasteiger partial charge < -0.3 is 5.11 Å². The van der Waals surface area contributed by atoms with Crippen LogP contribution in [0.1, 0.15) is 11.1 Å². The minimum absolute atomic E-state index is 0.144. The van der Waals surface area contributed by atoms with E-state index < -0.39 is 15.9 Å². The van der Waals surface area contributed by atoms with Crippen LogP contribution < -0.4 is 0 Å². The Hall–Kier alpha value is -3.02. The maximum atomic E-state index is 12.4. The van der Waals surface area contributed by atoms with Crippen LogP contribution in [0.4, 0.5) is 0 Å². The molecule has 1 N–H and O–H groups in total. The van der Waals surface area contributed by atoms with Crippen molar-refractivity contribution in [2.45, 2.75) is 10.9 Å². The average molecular weight is 406 g/mol. The summed E-state index contributed by atoms with van der Waals surface area (Å²) in [6.45, 7) is -0.217. The quantitative estimate of drug-likeness (QED) is 0.456. The minimum atomic E-state index is -3.41. The largest absolute Gasteiger partial charge is 0.394 e. The Morgan fingerprint density at radius 1 is 0.828 bits per heavy atom. The lowest BCUT2D eigenvalue weighted by atomic mass is 10.0. The molecule has 0 bridgehead atoms. The molecule has 3 rings (SSSR count). The molecule has 0 saturated heterocycles. The summed E-state index contributed by atoms with van der Waals surface area (Å²) in [6.07, 6.45) is 3.20. The van der Waals surface area contributed by atoms with Gasteiger partial charge in [0.05, 0.1) is 29.0 Å². The topological polar surface area (TPSA) is 66.7 Å². The van der Waals surface area contributed by atoms with Gasteiger partial charge in [-0.3, -0.25) is 4.99 Å². The van der Waals surface area contributed by atoms with Gasteiger partial charge in [0.1, 0.15) is 0 Å². The Morgan fingerprint density at radius 2 is 1.31 bits per heavy atom. The number of aliphatic hydroxyl groups excluding tert-OH is 1. The summed E-state index contributed by atoms with van der Waals surface area (Å²) >= 11 is 0. The molecule has 3 aromatic rings. The van der Waals surface area contributed by atoms with E-state index >= 15 is 0 Å². The normalized spacial score (nSPS) is 12.6. The van der Waals surface area contributed by atoms with Crippen molar-refractivity contribution in [3.8, 4) is 0 Å². The third-order valence-electron chi connectivity index (χ3n) is 4.35. The first-order valence-corrected chi connectivity index (χ1v) is 11.0. The Balaban J connectivity index is 1.85. The summed E-state index contributed by atoms with van der Waals surface area (Å²) in [6, 6.07) is 27.2. The summed E-state index contributed by atoms with van der Waals surface area (Å²) in [4.78, 5) is 4.99. The lowest BCUT2D eigenvalue weighted by Gasteiger charge is -2.11. The van der Waals surface area contributed by atoms with Gasteiger partial charge in [-0.25, -0.2) is 8.42 Å². The standard InChI is InChI=1S/C24H23NO3S/c26-19-22(15-10-18-29(27,28)23-16-8-3-9-17-23)25-24(20-11-4-1-5-12-20)21-13-6-2-7-14-21/h1-17,22,26H,18-19H2/b15-10-/t22-/m0/s1. The van der Waals surface area contributed by atoms with E-state index in [0.29, 0.717) is 0 Å². The van der Waals surface area contributed by atoms with Crippen LogP contribution in [0.2, 0.25) is 0 Å². The number of hydrogen-bond acceptors (Lipinski definition) is 4. The maximum absolute atomic E-state index is 12.4. The van der Waals surface area contributed by atoms with Crippen molar-refractivity contribution in [3.63, 3.8) is 0 Å². The Morgan fingerprint density at radius 3 is 1.79 bits per heavy atom. The maximum Gasteiger partial charge on any atom is 0.181 e. The average Bonchev–Trinajstić information content (AvgIpc) is 2.78. The van der Waals surface area contributed by atoms with Crippen LogP contribution >= 0.6 is 0 Å². The monoisotopic (exact) mass is 405 g/mol. The van der Waals surface area contributed by atoms with Crippen molar-refractivity contribution in [1.82, 2.24) is 0 Å². The van der Waals surface area contributed by atoms with Crippen molar-refractivity contribution in [1.29, 1.82) is 0 Å². The highest BCUT2D eigenvalue weighted by atomic mass is 32.2. The Labute approximate surface area is 171 Å². The number of benzene rings is 3. The highest BCUT2D eigenvalue weighted by Crippen LogP contribution is 2.14. The number of aliphatic imine (C=N–C) groups is 1. The van der Waals surface area contributed by atoms with Crippen LogP contribution in [-0.2, 0) is 9.84 Å². The molecule has 0 radical (unpaired) electrons. The zero-order valence-electron chi connectivity index (χ0n) is 15.9. The van der Waals surface area contributed by atoms with Gasteiger partial charge in [0.15, 0.2) is 9.84 Å². The molecule has 0 spiro atoms. The van der Waals surface area contributed by atoms with Gasteiger partial charge >= 0.3 is 0 Å². The van der Waals surface area contributed by atoms with Gasteiger partial charge in [0.25, 0.3) is 0 Å². The summed E-state index contributed by atoms with van der Waals surface area (Å²) in [7, 11) is -3.41. The predicted molar refractivity (Wildman–Crippen MR) is 117 cm³/mol. The second-order valence-electron chi connectivity index (χ2n) is 6.48. The van der Waals surface area contributed by atoms with Crippen molar-refractivity contribution < 1.29 is 13.5 Å². The van der Waals surface area contributed by atoms with Crippen molar-refractivity contribution >= 4 is 15.5 Å². The number of nitrogens with zero attached hydrogens (tertiary/aromatic N) is 1. The molecule has 0 aliphatic rings. The van der Waals surface area contributed by atoms with Crippen LogP contribution in [0.3, 0.4) is 0 Å². The molecule has 0 aromatic heterocycles. The molecule has 148 valence electrons. The number of sulfone groups is 1. The molecule has 5 heteroatoms. The molecule has 0 aliphatic heterocycles. The van der Waals surface area contributed by atoms with Crippen LogP contribution in [0.15, 0.2) is 113 Å². The van der Waals surface area contributed by atoms with Crippen molar-refractivity contribution in [3.05, 3.63) is 114 Å². The van der Waals surface area contributed by atoms with Crippen LogP contribution in [0.25, 0.3) is 0 Å². The van der Waals surface area contributed by atoms with Crippen molar-refractivity contribution in [2.75, 3.05) is 12.4 Å². The van der Waals surface area contributed by atoms with E-state index in [2.05, 4.69) is 0 Å². The van der Waals surface area contributed by atoms with Gasteiger partial charge in [0.2, 0.25) is 0 Å². The summed E-state index contributed by atoms with van der Waals surface area (Å²) in [5, 5.41) is 9.81. The zero-order valence-corrected chi connectivity index (χ0v) is 16.7. The van der Waals surface area contributed by atoms with Gasteiger partial charge in [-0.15, -0.1) is 0 Å². The molecular weight excluding hydrogens is 382 g/mol. The molecule has 4 nitrogen and oxygen atoms in total. The molecule has 29 heavy (non-hydrogen) atoms. The zero-order chi connectivity index (χ0) is 20.5. The fourth-order valence-electron chi connectivity index (χ4n) is 2.88. The molecule has 3 aromatic carbocycles. The molecule has 1 atom stereocenters. The van der Waals surface area contributed by atoms with E-state index in [9.17, 15) is 13.5 Å². The van der Waals surface area contributed by atoms with E-state index in [1.807, 2.05) is 60.7 Å². The van der Waals surface area contributed by atoms with Crippen LogP contribution in [0, 0.1) is 0 Å². The van der Waals surface area contributed by atoms with Crippen LogP contribution in [-0.4, -0.2) is 37.6 Å². The highest BCUT2D eigenvalue weighted by Gasteiger charge is 2.13.